The van der Waals surface area contributed by atoms with E-state index < -0.39 is 97.5 Å². The summed E-state index contributed by atoms with van der Waals surface area (Å²) in [4.78, 5) is 72.6. The molecule has 3 N–H and O–H groups in total. The maximum atomic E-state index is 13.0. The van der Waals surface area contributed by atoms with Gasteiger partial charge in [-0.1, -0.05) is 324 Å². The Bertz CT molecular complexity index is 1750. The van der Waals surface area contributed by atoms with Crippen LogP contribution in [0.4, 0.5) is 0 Å². The molecule has 0 saturated carbocycles. The number of phosphoric acid groups is 2. The monoisotopic (exact) mass is 1340 g/mol. The van der Waals surface area contributed by atoms with Gasteiger partial charge in [-0.05, 0) is 31.6 Å². The lowest BCUT2D eigenvalue weighted by atomic mass is 10.0. The molecule has 5 atom stereocenters. The van der Waals surface area contributed by atoms with Gasteiger partial charge < -0.3 is 33.8 Å². The zero-order chi connectivity index (χ0) is 67.0. The zero-order valence-corrected chi connectivity index (χ0v) is 60.8. The molecule has 2 unspecified atom stereocenters. The molecule has 17 nitrogen and oxygen atoms in total. The lowest BCUT2D eigenvalue weighted by Crippen LogP contribution is -2.30. The van der Waals surface area contributed by atoms with Gasteiger partial charge in [0.25, 0.3) is 0 Å². The Labute approximate surface area is 556 Å². The van der Waals surface area contributed by atoms with Crippen LogP contribution < -0.4 is 0 Å². The van der Waals surface area contributed by atoms with Gasteiger partial charge in [0.15, 0.2) is 12.2 Å². The van der Waals surface area contributed by atoms with Crippen LogP contribution in [0.25, 0.3) is 0 Å². The number of hydrogen-bond acceptors (Lipinski definition) is 15. The first-order valence-corrected chi connectivity index (χ1v) is 40.6. The van der Waals surface area contributed by atoms with Crippen molar-refractivity contribution in [3.8, 4) is 0 Å². The molecule has 0 saturated heterocycles. The van der Waals surface area contributed by atoms with Crippen molar-refractivity contribution in [3.63, 3.8) is 0 Å². The molecule has 0 radical (unpaired) electrons. The van der Waals surface area contributed by atoms with E-state index in [-0.39, 0.29) is 25.7 Å². The molecule has 0 aliphatic heterocycles. The number of esters is 4. The summed E-state index contributed by atoms with van der Waals surface area (Å²) in [6.45, 7) is 7.26. The molecule has 0 aliphatic rings. The quantitative estimate of drug-likeness (QED) is 0.0222. The standard InChI is InChI=1S/C72H140O17P2/c1-6-9-12-15-18-21-24-25-26-27-28-31-38-43-48-53-58-72(77)89-68(62-83-70(75)56-51-46-41-36-33-32-34-39-44-49-54-65(4)5)64-87-91(80,81)85-60-66(73)59-84-90(78,79)86-63-67(88-71(76)57-52-47-42-37-30-23-20-17-14-11-8-3)61-82-69(74)55-50-45-40-35-29-22-19-16-13-10-7-2/h65-68,73H,6-64H2,1-5H3,(H,78,79)(H,80,81)/t66-,67+,68+/m0/s1. The van der Waals surface area contributed by atoms with Crippen molar-refractivity contribution in [3.05, 3.63) is 0 Å². The highest BCUT2D eigenvalue weighted by molar-refractivity contribution is 7.47. The minimum absolute atomic E-state index is 0.107. The summed E-state index contributed by atoms with van der Waals surface area (Å²) in [5, 5.41) is 10.6. The lowest BCUT2D eigenvalue weighted by molar-refractivity contribution is -0.161. The SMILES string of the molecule is CCCCCCCCCCCCCCCCCCC(=O)O[C@H](COC(=O)CCCCCCCCCCCCC(C)C)COP(=O)(O)OC[C@@H](O)COP(=O)(O)OC[C@@H](COC(=O)CCCCCCCCCCCCC)OC(=O)CCCCCCCCCCCCC. The van der Waals surface area contributed by atoms with E-state index in [0.29, 0.717) is 25.7 Å². The number of hydrogen-bond donors (Lipinski definition) is 3. The van der Waals surface area contributed by atoms with E-state index in [9.17, 15) is 43.2 Å². The molecule has 0 rings (SSSR count). The Hall–Kier alpha value is -1.94. The number of unbranched alkanes of at least 4 members (excludes halogenated alkanes) is 44. The summed E-state index contributed by atoms with van der Waals surface area (Å²) in [5.74, 6) is -1.36. The van der Waals surface area contributed by atoms with E-state index in [4.69, 9.17) is 37.0 Å². The Morgan fingerprint density at radius 3 is 0.747 bits per heavy atom. The van der Waals surface area contributed by atoms with E-state index >= 15 is 0 Å². The summed E-state index contributed by atoms with van der Waals surface area (Å²) < 4.78 is 68.4. The Kier molecular flexibility index (Phi) is 64.0. The molecule has 0 aromatic heterocycles. The number of aliphatic hydroxyl groups excluding tert-OH is 1. The number of phosphoric ester groups is 2. The molecule has 0 spiro atoms. The van der Waals surface area contributed by atoms with Crippen LogP contribution in [0.1, 0.15) is 375 Å². The van der Waals surface area contributed by atoms with Crippen molar-refractivity contribution < 1.29 is 80.2 Å². The van der Waals surface area contributed by atoms with Crippen molar-refractivity contribution in [2.24, 2.45) is 5.92 Å². The predicted molar refractivity (Wildman–Crippen MR) is 368 cm³/mol. The van der Waals surface area contributed by atoms with E-state index in [1.54, 1.807) is 0 Å². The van der Waals surface area contributed by atoms with Gasteiger partial charge in [0, 0.05) is 25.7 Å². The van der Waals surface area contributed by atoms with E-state index in [0.717, 1.165) is 95.8 Å². The van der Waals surface area contributed by atoms with Gasteiger partial charge in [0.05, 0.1) is 26.4 Å². The summed E-state index contributed by atoms with van der Waals surface area (Å²) in [7, 11) is -9.90. The maximum absolute atomic E-state index is 13.0. The molecule has 0 heterocycles. The molecule has 0 aromatic carbocycles. The molecule has 0 aromatic rings. The Morgan fingerprint density at radius 1 is 0.297 bits per heavy atom. The Morgan fingerprint density at radius 2 is 0.505 bits per heavy atom. The highest BCUT2D eigenvalue weighted by Crippen LogP contribution is 2.45. The third-order valence-electron chi connectivity index (χ3n) is 16.8. The first-order chi connectivity index (χ1) is 44.0. The van der Waals surface area contributed by atoms with Gasteiger partial charge in [-0.3, -0.25) is 37.3 Å². The third-order valence-corrected chi connectivity index (χ3v) is 18.7. The molecule has 0 aliphatic carbocycles. The van der Waals surface area contributed by atoms with Crippen LogP contribution in [0.5, 0.6) is 0 Å². The second-order valence-corrected chi connectivity index (χ2v) is 29.4. The largest absolute Gasteiger partial charge is 0.472 e. The summed E-state index contributed by atoms with van der Waals surface area (Å²) in [6.07, 6.45) is 52.5. The maximum Gasteiger partial charge on any atom is 0.472 e. The van der Waals surface area contributed by atoms with Crippen LogP contribution in [0.3, 0.4) is 0 Å². The third kappa shape index (κ3) is 66.5. The summed E-state index contributed by atoms with van der Waals surface area (Å²) >= 11 is 0. The van der Waals surface area contributed by atoms with Crippen LogP contribution in [0, 0.1) is 5.92 Å². The van der Waals surface area contributed by atoms with Crippen LogP contribution in [-0.4, -0.2) is 96.7 Å². The molecular weight excluding hydrogens is 1200 g/mol. The second kappa shape index (κ2) is 65.4. The molecule has 91 heavy (non-hydrogen) atoms. The molecule has 0 fully saturated rings. The first-order valence-electron chi connectivity index (χ1n) is 37.6. The topological polar surface area (TPSA) is 237 Å². The number of carbonyl (C=O) groups is 4. The Balaban J connectivity index is 5.24. The fourth-order valence-corrected chi connectivity index (χ4v) is 12.6. The number of rotatable bonds is 72. The van der Waals surface area contributed by atoms with Crippen molar-refractivity contribution in [2.45, 2.75) is 393 Å². The first kappa shape index (κ1) is 89.1. The molecule has 0 bridgehead atoms. The van der Waals surface area contributed by atoms with Gasteiger partial charge >= 0.3 is 39.5 Å². The van der Waals surface area contributed by atoms with Crippen LogP contribution in [0.2, 0.25) is 0 Å². The molecule has 19 heteroatoms. The second-order valence-electron chi connectivity index (χ2n) is 26.5. The van der Waals surface area contributed by atoms with Gasteiger partial charge in [0.1, 0.15) is 19.3 Å². The van der Waals surface area contributed by atoms with Crippen LogP contribution >= 0.6 is 15.6 Å². The molecule has 540 valence electrons. The zero-order valence-electron chi connectivity index (χ0n) is 59.0. The van der Waals surface area contributed by atoms with E-state index in [2.05, 4.69) is 34.6 Å². The highest BCUT2D eigenvalue weighted by Gasteiger charge is 2.30. The molecule has 0 amide bonds. The average Bonchev–Trinajstić information content (AvgIpc) is 2.80. The van der Waals surface area contributed by atoms with Crippen LogP contribution in [-0.2, 0) is 65.4 Å². The van der Waals surface area contributed by atoms with Gasteiger partial charge in [-0.25, -0.2) is 9.13 Å². The minimum Gasteiger partial charge on any atom is -0.462 e. The van der Waals surface area contributed by atoms with E-state index in [1.807, 2.05) is 0 Å². The predicted octanol–water partition coefficient (Wildman–Crippen LogP) is 20.9. The highest BCUT2D eigenvalue weighted by atomic mass is 31.2. The normalized spacial score (nSPS) is 14.0. The fraction of sp³-hybridized carbons (Fsp3) is 0.944. The summed E-state index contributed by atoms with van der Waals surface area (Å²) in [5.41, 5.74) is 0. The smallest absolute Gasteiger partial charge is 0.462 e. The van der Waals surface area contributed by atoms with Crippen molar-refractivity contribution in [2.75, 3.05) is 39.6 Å². The molecular formula is C72H140O17P2. The number of ether oxygens (including phenoxy) is 4. The van der Waals surface area contributed by atoms with E-state index in [1.165, 1.54) is 199 Å². The lowest BCUT2D eigenvalue weighted by Gasteiger charge is -2.21. The van der Waals surface area contributed by atoms with Gasteiger partial charge in [-0.15, -0.1) is 0 Å². The number of carbonyl (C=O) groups excluding carboxylic acids is 4. The van der Waals surface area contributed by atoms with Gasteiger partial charge in [-0.2, -0.15) is 0 Å². The fourth-order valence-electron chi connectivity index (χ4n) is 11.0. The average molecular weight is 1340 g/mol. The van der Waals surface area contributed by atoms with Crippen molar-refractivity contribution in [1.29, 1.82) is 0 Å². The minimum atomic E-state index is -4.95. The van der Waals surface area contributed by atoms with Crippen LogP contribution in [0.15, 0.2) is 0 Å². The number of aliphatic hydroxyl groups is 1. The van der Waals surface area contributed by atoms with Crippen molar-refractivity contribution in [1.82, 2.24) is 0 Å². The van der Waals surface area contributed by atoms with Gasteiger partial charge in [0.2, 0.25) is 0 Å². The van der Waals surface area contributed by atoms with Crippen molar-refractivity contribution >= 4 is 39.5 Å². The summed E-state index contributed by atoms with van der Waals surface area (Å²) in [6, 6.07) is 0.